The maximum absolute atomic E-state index is 13.5. The molecule has 7 nitrogen and oxygen atoms in total. The Morgan fingerprint density at radius 3 is 2.40 bits per heavy atom. The highest BCUT2D eigenvalue weighted by Gasteiger charge is 2.37. The first-order valence-corrected chi connectivity index (χ1v) is 12.5. The van der Waals surface area contributed by atoms with E-state index in [9.17, 15) is 21.6 Å². The maximum Gasteiger partial charge on any atom is 0.423 e. The summed E-state index contributed by atoms with van der Waals surface area (Å²) >= 11 is 0. The molecule has 0 unspecified atom stereocenters. The number of alkyl halides is 3. The lowest BCUT2D eigenvalue weighted by Crippen LogP contribution is -2.22. The summed E-state index contributed by atoms with van der Waals surface area (Å²) in [5.41, 5.74) is 0.244. The molecule has 0 amide bonds. The zero-order valence-electron chi connectivity index (χ0n) is 18.8. The van der Waals surface area contributed by atoms with Crippen LogP contribution in [0.3, 0.4) is 0 Å². The van der Waals surface area contributed by atoms with Gasteiger partial charge in [-0.05, 0) is 49.6 Å². The van der Waals surface area contributed by atoms with Gasteiger partial charge in [0.05, 0.1) is 23.4 Å². The summed E-state index contributed by atoms with van der Waals surface area (Å²) in [5.74, 6) is -0.748. The van der Waals surface area contributed by atoms with Gasteiger partial charge in [0.2, 0.25) is 11.8 Å². The van der Waals surface area contributed by atoms with E-state index in [1.807, 2.05) is 30.3 Å². The minimum Gasteiger partial charge on any atom is -0.472 e. The number of nitrogens with one attached hydrogen (secondary N) is 1. The van der Waals surface area contributed by atoms with E-state index in [1.54, 1.807) is 6.92 Å². The predicted octanol–water partition coefficient (Wildman–Crippen LogP) is 5.16. The van der Waals surface area contributed by atoms with Gasteiger partial charge in [-0.25, -0.2) is 13.4 Å². The highest BCUT2D eigenvalue weighted by molar-refractivity contribution is 7.92. The van der Waals surface area contributed by atoms with Crippen LogP contribution in [0.2, 0.25) is 0 Å². The van der Waals surface area contributed by atoms with Crippen LogP contribution in [0.1, 0.15) is 30.9 Å². The Bertz CT molecular complexity index is 1250. The summed E-state index contributed by atoms with van der Waals surface area (Å²) in [6, 6.07) is 15.3. The van der Waals surface area contributed by atoms with Crippen LogP contribution in [-0.4, -0.2) is 36.3 Å². The average molecular weight is 508 g/mol. The van der Waals surface area contributed by atoms with Crippen LogP contribution in [0, 0.1) is 0 Å². The lowest BCUT2D eigenvalue weighted by molar-refractivity contribution is -0.140. The van der Waals surface area contributed by atoms with Crippen LogP contribution in [0.15, 0.2) is 65.7 Å². The summed E-state index contributed by atoms with van der Waals surface area (Å²) < 4.78 is 76.1. The van der Waals surface area contributed by atoms with E-state index < -0.39 is 33.6 Å². The van der Waals surface area contributed by atoms with Gasteiger partial charge < -0.3 is 14.8 Å². The molecule has 0 bridgehead atoms. The molecule has 3 aromatic rings. The molecule has 1 saturated carbocycles. The Labute approximate surface area is 201 Å². The molecule has 1 heterocycles. The van der Waals surface area contributed by atoms with E-state index in [4.69, 9.17) is 9.47 Å². The van der Waals surface area contributed by atoms with Gasteiger partial charge in [-0.1, -0.05) is 30.3 Å². The van der Waals surface area contributed by atoms with Gasteiger partial charge in [0, 0.05) is 11.9 Å². The third kappa shape index (κ3) is 6.49. The Morgan fingerprint density at radius 1 is 1.09 bits per heavy atom. The lowest BCUT2D eigenvalue weighted by atomic mass is 10.2. The van der Waals surface area contributed by atoms with Crippen molar-refractivity contribution in [2.75, 3.05) is 11.9 Å². The van der Waals surface area contributed by atoms with Crippen molar-refractivity contribution >= 4 is 21.5 Å². The molecular formula is C24H24F3N3O4S. The van der Waals surface area contributed by atoms with Gasteiger partial charge >= 0.3 is 6.18 Å². The van der Waals surface area contributed by atoms with Crippen LogP contribution in [-0.2, 0) is 27.4 Å². The van der Waals surface area contributed by atoms with Gasteiger partial charge in [0.25, 0.3) is 0 Å². The fourth-order valence-electron chi connectivity index (χ4n) is 3.28. The molecule has 0 aliphatic heterocycles. The number of ether oxygens (including phenoxy) is 2. The summed E-state index contributed by atoms with van der Waals surface area (Å²) in [7, 11) is -3.34. The number of aromatic nitrogens is 2. The van der Waals surface area contributed by atoms with E-state index in [1.165, 1.54) is 24.3 Å². The number of anilines is 2. The number of halogens is 3. The molecule has 1 atom stereocenters. The second-order valence-corrected chi connectivity index (χ2v) is 10.5. The first-order chi connectivity index (χ1) is 16.6. The summed E-state index contributed by atoms with van der Waals surface area (Å²) in [6.07, 6.45) is -3.47. The van der Waals surface area contributed by atoms with Crippen molar-refractivity contribution in [2.45, 2.75) is 48.8 Å². The highest BCUT2D eigenvalue weighted by atomic mass is 32.2. The Kier molecular flexibility index (Phi) is 7.27. The van der Waals surface area contributed by atoms with Crippen molar-refractivity contribution in [3.05, 3.63) is 71.9 Å². The van der Waals surface area contributed by atoms with Gasteiger partial charge in [-0.3, -0.25) is 0 Å². The van der Waals surface area contributed by atoms with Gasteiger partial charge in [0.1, 0.15) is 11.7 Å². The molecule has 0 spiro atoms. The van der Waals surface area contributed by atoms with E-state index in [0.29, 0.717) is 31.3 Å². The van der Waals surface area contributed by atoms with Crippen LogP contribution in [0.5, 0.6) is 5.88 Å². The first-order valence-electron chi connectivity index (χ1n) is 11.0. The fourth-order valence-corrected chi connectivity index (χ4v) is 4.94. The molecule has 0 saturated heterocycles. The average Bonchev–Trinajstić information content (AvgIpc) is 3.66. The quantitative estimate of drug-likeness (QED) is 0.405. The Balaban J connectivity index is 1.44. The number of hydrogen-bond acceptors (Lipinski definition) is 7. The molecule has 35 heavy (non-hydrogen) atoms. The Morgan fingerprint density at radius 2 is 1.77 bits per heavy atom. The Hall–Kier alpha value is -3.18. The first kappa shape index (κ1) is 24.9. The van der Waals surface area contributed by atoms with E-state index in [2.05, 4.69) is 15.3 Å². The zero-order valence-corrected chi connectivity index (χ0v) is 19.6. The second-order valence-electron chi connectivity index (χ2n) is 8.23. The summed E-state index contributed by atoms with van der Waals surface area (Å²) in [5, 5.41) is 2.45. The second kappa shape index (κ2) is 10.2. The molecule has 0 radical (unpaired) electrons. The minimum absolute atomic E-state index is 0.0515. The van der Waals surface area contributed by atoms with Crippen LogP contribution < -0.4 is 10.1 Å². The standard InChI is InChI=1S/C24H24F3N3O4S/c1-16(14-33-15-17-5-3-2-4-6-17)34-22-21(24(25,26)27)13-28-23(30-22)29-18-7-9-19(10-8-18)35(31,32)20-11-12-20/h2-10,13,16,20H,11-12,14-15H2,1H3,(H,28,29,30)/t16-/m1/s1. The number of benzene rings is 2. The summed E-state index contributed by atoms with van der Waals surface area (Å²) in [4.78, 5) is 7.86. The SMILES string of the molecule is C[C@H](COCc1ccccc1)Oc1nc(Nc2ccc(S(=O)(=O)C3CC3)cc2)ncc1C(F)(F)F. The van der Waals surface area contributed by atoms with Crippen molar-refractivity contribution in [1.82, 2.24) is 9.97 Å². The molecule has 186 valence electrons. The van der Waals surface area contributed by atoms with Crippen molar-refractivity contribution in [3.63, 3.8) is 0 Å². The minimum atomic E-state index is -4.71. The predicted molar refractivity (Wildman–Crippen MR) is 123 cm³/mol. The third-order valence-electron chi connectivity index (χ3n) is 5.24. The molecule has 1 fully saturated rings. The molecule has 4 rings (SSSR count). The molecule has 1 N–H and O–H groups in total. The van der Waals surface area contributed by atoms with E-state index >= 15 is 0 Å². The summed E-state index contributed by atoms with van der Waals surface area (Å²) in [6.45, 7) is 1.93. The van der Waals surface area contributed by atoms with E-state index in [-0.39, 0.29) is 22.7 Å². The van der Waals surface area contributed by atoms with Crippen molar-refractivity contribution in [3.8, 4) is 5.88 Å². The monoisotopic (exact) mass is 507 g/mol. The number of nitrogens with zero attached hydrogens (tertiary/aromatic N) is 2. The molecule has 1 aliphatic carbocycles. The highest BCUT2D eigenvalue weighted by Crippen LogP contribution is 2.36. The molecule has 1 aromatic heterocycles. The molecular weight excluding hydrogens is 483 g/mol. The molecule has 11 heteroatoms. The number of rotatable bonds is 10. The largest absolute Gasteiger partial charge is 0.472 e. The maximum atomic E-state index is 13.5. The van der Waals surface area contributed by atoms with E-state index in [0.717, 1.165) is 5.56 Å². The zero-order chi connectivity index (χ0) is 25.1. The van der Waals surface area contributed by atoms with Crippen molar-refractivity contribution in [1.29, 1.82) is 0 Å². The van der Waals surface area contributed by atoms with Crippen LogP contribution in [0.4, 0.5) is 24.8 Å². The molecule has 1 aliphatic rings. The number of hydrogen-bond donors (Lipinski definition) is 1. The number of sulfone groups is 1. The smallest absolute Gasteiger partial charge is 0.423 e. The molecule has 2 aromatic carbocycles. The van der Waals surface area contributed by atoms with Crippen LogP contribution in [0.25, 0.3) is 0 Å². The van der Waals surface area contributed by atoms with Gasteiger partial charge in [0.15, 0.2) is 9.84 Å². The normalized spacial score (nSPS) is 15.0. The van der Waals surface area contributed by atoms with Crippen molar-refractivity contribution in [2.24, 2.45) is 0 Å². The van der Waals surface area contributed by atoms with Gasteiger partial charge in [-0.2, -0.15) is 18.2 Å². The van der Waals surface area contributed by atoms with Gasteiger partial charge in [-0.15, -0.1) is 0 Å². The fraction of sp³-hybridized carbons (Fsp3) is 0.333. The topological polar surface area (TPSA) is 90.4 Å². The lowest BCUT2D eigenvalue weighted by Gasteiger charge is -2.18. The van der Waals surface area contributed by atoms with Crippen LogP contribution >= 0.6 is 0 Å². The third-order valence-corrected chi connectivity index (χ3v) is 7.52. The van der Waals surface area contributed by atoms with Crippen molar-refractivity contribution < 1.29 is 31.1 Å².